The lowest BCUT2D eigenvalue weighted by atomic mass is 10.1. The van der Waals surface area contributed by atoms with Gasteiger partial charge in [0.2, 0.25) is 0 Å². The summed E-state index contributed by atoms with van der Waals surface area (Å²) < 4.78 is 14.4. The van der Waals surface area contributed by atoms with Crippen LogP contribution in [0.3, 0.4) is 0 Å². The third kappa shape index (κ3) is 3.24. The number of hydrogen-bond donors (Lipinski definition) is 1. The lowest BCUT2D eigenvalue weighted by Gasteiger charge is -2.32. The molecule has 0 amide bonds. The largest absolute Gasteiger partial charge is 0.351 e. The van der Waals surface area contributed by atoms with Gasteiger partial charge in [-0.05, 0) is 24.8 Å². The van der Waals surface area contributed by atoms with E-state index in [2.05, 4.69) is 23.7 Å². The van der Waals surface area contributed by atoms with Gasteiger partial charge < -0.3 is 10.6 Å². The van der Waals surface area contributed by atoms with E-state index < -0.39 is 0 Å². The molecule has 1 heterocycles. The first kappa shape index (κ1) is 14.3. The molecule has 0 unspecified atom stereocenters. The first-order chi connectivity index (χ1) is 9.13. The predicted molar refractivity (Wildman–Crippen MR) is 76.5 cm³/mol. The maximum Gasteiger partial charge on any atom is 0.170 e. The summed E-state index contributed by atoms with van der Waals surface area (Å²) in [6.45, 7) is 5.39. The van der Waals surface area contributed by atoms with Crippen LogP contribution in [0.4, 0.5) is 10.2 Å². The molecule has 0 radical (unpaired) electrons. The molecule has 4 heteroatoms. The fourth-order valence-electron chi connectivity index (χ4n) is 2.85. The second kappa shape index (κ2) is 6.33. The van der Waals surface area contributed by atoms with Crippen molar-refractivity contribution in [3.05, 3.63) is 23.6 Å². The number of nitrogens with zero attached hydrogens (tertiary/aromatic N) is 2. The maximum absolute atomic E-state index is 14.4. The molecule has 1 fully saturated rings. The minimum atomic E-state index is -0.238. The Morgan fingerprint density at radius 2 is 2.11 bits per heavy atom. The Labute approximate surface area is 115 Å². The van der Waals surface area contributed by atoms with Crippen LogP contribution in [-0.2, 0) is 6.54 Å². The Morgan fingerprint density at radius 3 is 2.68 bits per heavy atom. The minimum absolute atomic E-state index is 0.224. The molecule has 0 aliphatic heterocycles. The van der Waals surface area contributed by atoms with E-state index in [4.69, 9.17) is 5.73 Å². The summed E-state index contributed by atoms with van der Waals surface area (Å²) in [6.07, 6.45) is 6.42. The van der Waals surface area contributed by atoms with Gasteiger partial charge in [-0.1, -0.05) is 26.7 Å². The standard InChI is InChI=1S/C15H24FN3/c1-11(2)10-19(13-5-3-4-6-13)15-14(16)12(9-17)7-8-18-15/h7-8,11,13H,3-6,9-10,17H2,1-2H3. The third-order valence-corrected chi connectivity index (χ3v) is 3.77. The molecule has 1 aromatic rings. The number of anilines is 1. The van der Waals surface area contributed by atoms with Crippen LogP contribution in [0.1, 0.15) is 45.1 Å². The number of pyridine rings is 1. The lowest BCUT2D eigenvalue weighted by molar-refractivity contribution is 0.511. The second-order valence-corrected chi connectivity index (χ2v) is 5.80. The number of rotatable bonds is 5. The van der Waals surface area contributed by atoms with Crippen LogP contribution in [0.15, 0.2) is 12.3 Å². The monoisotopic (exact) mass is 265 g/mol. The molecule has 106 valence electrons. The van der Waals surface area contributed by atoms with Gasteiger partial charge in [-0.3, -0.25) is 0 Å². The summed E-state index contributed by atoms with van der Waals surface area (Å²) in [5, 5.41) is 0. The fourth-order valence-corrected chi connectivity index (χ4v) is 2.85. The average Bonchev–Trinajstić information content (AvgIpc) is 2.90. The van der Waals surface area contributed by atoms with Crippen LogP contribution in [0.2, 0.25) is 0 Å². The quantitative estimate of drug-likeness (QED) is 0.889. The molecule has 2 N–H and O–H groups in total. The molecule has 0 spiro atoms. The Kier molecular flexibility index (Phi) is 4.75. The molecule has 0 saturated heterocycles. The van der Waals surface area contributed by atoms with Crippen LogP contribution >= 0.6 is 0 Å². The number of aromatic nitrogens is 1. The molecule has 1 aromatic heterocycles. The molecule has 0 aromatic carbocycles. The van der Waals surface area contributed by atoms with Gasteiger partial charge in [0.15, 0.2) is 11.6 Å². The summed E-state index contributed by atoms with van der Waals surface area (Å²) in [7, 11) is 0. The van der Waals surface area contributed by atoms with Crippen LogP contribution in [0, 0.1) is 11.7 Å². The summed E-state index contributed by atoms with van der Waals surface area (Å²) in [4.78, 5) is 6.44. The van der Waals surface area contributed by atoms with Gasteiger partial charge in [-0.15, -0.1) is 0 Å². The van der Waals surface area contributed by atoms with Gasteiger partial charge >= 0.3 is 0 Å². The lowest BCUT2D eigenvalue weighted by Crippen LogP contribution is -2.37. The Hall–Kier alpha value is -1.16. The summed E-state index contributed by atoms with van der Waals surface area (Å²) in [6, 6.07) is 2.10. The van der Waals surface area contributed by atoms with Crippen LogP contribution in [-0.4, -0.2) is 17.6 Å². The van der Waals surface area contributed by atoms with E-state index >= 15 is 0 Å². The third-order valence-electron chi connectivity index (χ3n) is 3.77. The Morgan fingerprint density at radius 1 is 1.42 bits per heavy atom. The summed E-state index contributed by atoms with van der Waals surface area (Å²) >= 11 is 0. The van der Waals surface area contributed by atoms with E-state index in [-0.39, 0.29) is 12.4 Å². The van der Waals surface area contributed by atoms with Gasteiger partial charge in [0, 0.05) is 30.9 Å². The zero-order chi connectivity index (χ0) is 13.8. The van der Waals surface area contributed by atoms with Crippen molar-refractivity contribution < 1.29 is 4.39 Å². The number of nitrogens with two attached hydrogens (primary N) is 1. The SMILES string of the molecule is CC(C)CN(c1nccc(CN)c1F)C1CCCC1. The smallest absolute Gasteiger partial charge is 0.170 e. The van der Waals surface area contributed by atoms with E-state index in [1.165, 1.54) is 12.8 Å². The van der Waals surface area contributed by atoms with E-state index in [0.717, 1.165) is 19.4 Å². The van der Waals surface area contributed by atoms with Crippen molar-refractivity contribution in [3.63, 3.8) is 0 Å². The van der Waals surface area contributed by atoms with E-state index in [0.29, 0.717) is 23.3 Å². The van der Waals surface area contributed by atoms with Crippen molar-refractivity contribution in [1.82, 2.24) is 4.98 Å². The molecule has 2 rings (SSSR count). The highest BCUT2D eigenvalue weighted by molar-refractivity contribution is 5.44. The molecule has 0 bridgehead atoms. The van der Waals surface area contributed by atoms with Crippen molar-refractivity contribution >= 4 is 5.82 Å². The Balaban J connectivity index is 2.31. The average molecular weight is 265 g/mol. The highest BCUT2D eigenvalue weighted by atomic mass is 19.1. The number of halogens is 1. The van der Waals surface area contributed by atoms with Gasteiger partial charge in [0.05, 0.1) is 0 Å². The molecule has 19 heavy (non-hydrogen) atoms. The van der Waals surface area contributed by atoms with E-state index in [9.17, 15) is 4.39 Å². The van der Waals surface area contributed by atoms with Crippen molar-refractivity contribution in [2.45, 2.75) is 52.1 Å². The highest BCUT2D eigenvalue weighted by Gasteiger charge is 2.26. The van der Waals surface area contributed by atoms with Gasteiger partial charge in [-0.25, -0.2) is 9.37 Å². The highest BCUT2D eigenvalue weighted by Crippen LogP contribution is 2.30. The molecule has 1 aliphatic rings. The van der Waals surface area contributed by atoms with Crippen molar-refractivity contribution in [1.29, 1.82) is 0 Å². The molecule has 0 atom stereocenters. The minimum Gasteiger partial charge on any atom is -0.351 e. The maximum atomic E-state index is 14.4. The van der Waals surface area contributed by atoms with Gasteiger partial charge in [0.25, 0.3) is 0 Å². The fraction of sp³-hybridized carbons (Fsp3) is 0.667. The summed E-state index contributed by atoms with van der Waals surface area (Å²) in [5.74, 6) is 0.740. The molecule has 1 saturated carbocycles. The Bertz CT molecular complexity index is 414. The molecule has 1 aliphatic carbocycles. The van der Waals surface area contributed by atoms with Gasteiger partial charge in [-0.2, -0.15) is 0 Å². The molecular formula is C15H24FN3. The van der Waals surface area contributed by atoms with Crippen LogP contribution in [0.25, 0.3) is 0 Å². The predicted octanol–water partition coefficient (Wildman–Crippen LogP) is 3.08. The first-order valence-electron chi connectivity index (χ1n) is 7.23. The van der Waals surface area contributed by atoms with E-state index in [1.54, 1.807) is 12.3 Å². The zero-order valence-electron chi connectivity index (χ0n) is 11.9. The van der Waals surface area contributed by atoms with Crippen molar-refractivity contribution in [2.24, 2.45) is 11.7 Å². The van der Waals surface area contributed by atoms with Crippen LogP contribution < -0.4 is 10.6 Å². The topological polar surface area (TPSA) is 42.2 Å². The van der Waals surface area contributed by atoms with Crippen LogP contribution in [0.5, 0.6) is 0 Å². The summed E-state index contributed by atoms with van der Waals surface area (Å²) in [5.41, 5.74) is 6.14. The molecule has 3 nitrogen and oxygen atoms in total. The molecular weight excluding hydrogens is 241 g/mol. The zero-order valence-corrected chi connectivity index (χ0v) is 11.9. The second-order valence-electron chi connectivity index (χ2n) is 5.80. The van der Waals surface area contributed by atoms with Crippen molar-refractivity contribution in [2.75, 3.05) is 11.4 Å². The normalized spacial score (nSPS) is 16.3. The number of hydrogen-bond acceptors (Lipinski definition) is 3. The first-order valence-corrected chi connectivity index (χ1v) is 7.23. The van der Waals surface area contributed by atoms with Crippen molar-refractivity contribution in [3.8, 4) is 0 Å². The van der Waals surface area contributed by atoms with E-state index in [1.807, 2.05) is 0 Å². The van der Waals surface area contributed by atoms with Gasteiger partial charge in [0.1, 0.15) is 0 Å².